The maximum absolute atomic E-state index is 12.7. The number of sulfonamides is 2. The van der Waals surface area contributed by atoms with Crippen molar-refractivity contribution in [3.05, 3.63) is 71.1 Å². The van der Waals surface area contributed by atoms with Crippen molar-refractivity contribution in [3.8, 4) is 11.5 Å². The lowest BCUT2D eigenvalue weighted by Crippen LogP contribution is -2.39. The van der Waals surface area contributed by atoms with Crippen molar-refractivity contribution in [2.24, 2.45) is 20.8 Å². The van der Waals surface area contributed by atoms with Gasteiger partial charge in [-0.05, 0) is 66.7 Å². The number of amidine groups is 1. The maximum atomic E-state index is 12.7. The molecule has 18 heteroatoms. The predicted octanol–water partition coefficient (Wildman–Crippen LogP) is 1.98. The molecule has 0 saturated heterocycles. The van der Waals surface area contributed by atoms with Crippen LogP contribution in [-0.2, 0) is 20.0 Å². The van der Waals surface area contributed by atoms with Gasteiger partial charge in [0.05, 0.1) is 42.7 Å². The second-order valence-corrected chi connectivity index (χ2v) is 12.3. The standard InChI is InChI=1S/C24H32N8O7S3/c1-38-17-7-11-19(12-8-17)41(34,35)30-23(25)28-21(22(16-33)29-32-26)6-4-5-15-27-24(40-3)31-42(36,37)20-13-9-18(39-2)10-14-20/h4,6-14,21-22,33H,5,15-16H2,1-3H3,(H,27,31)(H3,25,28,30)/b6-4+/t21-,22+/m1/s1. The summed E-state index contributed by atoms with van der Waals surface area (Å²) in [6.45, 7) is -0.428. The van der Waals surface area contributed by atoms with Gasteiger partial charge in [0.2, 0.25) is 5.96 Å². The van der Waals surface area contributed by atoms with Crippen molar-refractivity contribution in [1.29, 1.82) is 0 Å². The number of rotatable bonds is 14. The first-order chi connectivity index (χ1) is 20.0. The highest BCUT2D eigenvalue weighted by atomic mass is 32.2. The molecule has 0 fully saturated rings. The molecule has 2 rings (SSSR count). The summed E-state index contributed by atoms with van der Waals surface area (Å²) >= 11 is 1.10. The Morgan fingerprint density at radius 2 is 1.55 bits per heavy atom. The van der Waals surface area contributed by atoms with E-state index in [0.29, 0.717) is 17.9 Å². The van der Waals surface area contributed by atoms with Gasteiger partial charge in [0.25, 0.3) is 20.0 Å². The number of nitrogens with one attached hydrogen (secondary N) is 2. The number of benzene rings is 2. The van der Waals surface area contributed by atoms with Gasteiger partial charge in [-0.2, -0.15) is 0 Å². The monoisotopic (exact) mass is 640 g/mol. The summed E-state index contributed by atoms with van der Waals surface area (Å²) in [7, 11) is -5.04. The zero-order valence-corrected chi connectivity index (χ0v) is 25.4. The van der Waals surface area contributed by atoms with E-state index in [4.69, 9.17) is 20.7 Å². The number of guanidine groups is 1. The molecule has 0 saturated carbocycles. The molecule has 0 aromatic heterocycles. The van der Waals surface area contributed by atoms with Crippen LogP contribution >= 0.6 is 11.8 Å². The van der Waals surface area contributed by atoms with E-state index >= 15 is 0 Å². The molecule has 2 aromatic rings. The number of nitrogens with zero attached hydrogens (tertiary/aromatic N) is 5. The number of nitrogens with two attached hydrogens (primary N) is 1. The van der Waals surface area contributed by atoms with E-state index in [0.717, 1.165) is 11.8 Å². The molecule has 228 valence electrons. The number of aliphatic hydroxyl groups is 1. The highest BCUT2D eigenvalue weighted by Gasteiger charge is 2.20. The third kappa shape index (κ3) is 10.5. The summed E-state index contributed by atoms with van der Waals surface area (Å²) in [4.78, 5) is 11.0. The van der Waals surface area contributed by atoms with E-state index in [1.54, 1.807) is 12.3 Å². The van der Waals surface area contributed by atoms with Crippen LogP contribution in [0.3, 0.4) is 0 Å². The lowest BCUT2D eigenvalue weighted by Gasteiger charge is -2.16. The van der Waals surface area contributed by atoms with Gasteiger partial charge in [0, 0.05) is 11.5 Å². The van der Waals surface area contributed by atoms with Gasteiger partial charge >= 0.3 is 0 Å². The van der Waals surface area contributed by atoms with Crippen LogP contribution in [0.5, 0.6) is 11.5 Å². The Morgan fingerprint density at radius 1 is 1.02 bits per heavy atom. The van der Waals surface area contributed by atoms with Crippen LogP contribution in [0.15, 0.2) is 85.6 Å². The van der Waals surface area contributed by atoms with Crippen LogP contribution in [-0.4, -0.2) is 78.8 Å². The van der Waals surface area contributed by atoms with Gasteiger partial charge in [0.1, 0.15) is 11.5 Å². The van der Waals surface area contributed by atoms with Gasteiger partial charge in [-0.1, -0.05) is 29.0 Å². The van der Waals surface area contributed by atoms with Crippen LogP contribution in [0.4, 0.5) is 0 Å². The van der Waals surface area contributed by atoms with Crippen molar-refractivity contribution in [1.82, 2.24) is 9.44 Å². The average Bonchev–Trinajstić information content (AvgIpc) is 2.98. The molecular formula is C24H32N8O7S3. The molecule has 0 aliphatic heterocycles. The Balaban J connectivity index is 2.13. The predicted molar refractivity (Wildman–Crippen MR) is 162 cm³/mol. The summed E-state index contributed by atoms with van der Waals surface area (Å²) in [5.74, 6) is 0.481. The highest BCUT2D eigenvalue weighted by Crippen LogP contribution is 2.17. The maximum Gasteiger partial charge on any atom is 0.264 e. The first kappa shape index (κ1) is 34.2. The Labute approximate surface area is 248 Å². The quantitative estimate of drug-likeness (QED) is 0.0449. The molecule has 0 bridgehead atoms. The number of methoxy groups -OCH3 is 2. The number of aliphatic hydroxyl groups excluding tert-OH is 1. The molecular weight excluding hydrogens is 609 g/mol. The number of aliphatic imine (C=N–C) groups is 2. The average molecular weight is 641 g/mol. The normalized spacial score (nSPS) is 14.1. The van der Waals surface area contributed by atoms with Crippen molar-refractivity contribution >= 4 is 42.9 Å². The minimum Gasteiger partial charge on any atom is -0.497 e. The number of hydrogen-bond acceptors (Lipinski definition) is 11. The molecule has 0 spiro atoms. The molecule has 0 radical (unpaired) electrons. The van der Waals surface area contributed by atoms with Gasteiger partial charge in [-0.3, -0.25) is 9.71 Å². The zero-order valence-electron chi connectivity index (χ0n) is 23.0. The van der Waals surface area contributed by atoms with Crippen LogP contribution in [0.2, 0.25) is 0 Å². The smallest absolute Gasteiger partial charge is 0.264 e. The summed E-state index contributed by atoms with van der Waals surface area (Å²) < 4.78 is 65.3. The summed E-state index contributed by atoms with van der Waals surface area (Å²) in [6.07, 6.45) is 5.04. The Bertz CT molecular complexity index is 1520. The third-order valence-electron chi connectivity index (χ3n) is 5.35. The fourth-order valence-electron chi connectivity index (χ4n) is 3.22. The van der Waals surface area contributed by atoms with Gasteiger partial charge in [0.15, 0.2) is 5.17 Å². The van der Waals surface area contributed by atoms with Gasteiger partial charge in [-0.15, -0.1) is 0 Å². The molecule has 0 heterocycles. The molecule has 0 aliphatic carbocycles. The number of thioether (sulfide) groups is 1. The number of azide groups is 1. The molecule has 0 unspecified atom stereocenters. The van der Waals surface area contributed by atoms with Crippen molar-refractivity contribution in [3.63, 3.8) is 0 Å². The molecule has 42 heavy (non-hydrogen) atoms. The minimum atomic E-state index is -4.09. The molecule has 15 nitrogen and oxygen atoms in total. The molecule has 2 atom stereocenters. The topological polar surface area (TPSA) is 231 Å². The lowest BCUT2D eigenvalue weighted by atomic mass is 10.1. The number of hydrogen-bond donors (Lipinski definition) is 4. The van der Waals surface area contributed by atoms with E-state index in [2.05, 4.69) is 29.5 Å². The molecule has 2 aromatic carbocycles. The lowest BCUT2D eigenvalue weighted by molar-refractivity contribution is 0.258. The Morgan fingerprint density at radius 3 is 2.00 bits per heavy atom. The first-order valence-corrected chi connectivity index (χ1v) is 16.3. The minimum absolute atomic E-state index is 0.0407. The highest BCUT2D eigenvalue weighted by molar-refractivity contribution is 8.14. The zero-order chi connectivity index (χ0) is 31.2. The van der Waals surface area contributed by atoms with Gasteiger partial charge < -0.3 is 20.3 Å². The van der Waals surface area contributed by atoms with E-state index in [-0.39, 0.29) is 21.5 Å². The van der Waals surface area contributed by atoms with E-state index in [1.807, 2.05) is 0 Å². The fraction of sp³-hybridized carbons (Fsp3) is 0.333. The van der Waals surface area contributed by atoms with Gasteiger partial charge in [-0.25, -0.2) is 26.6 Å². The first-order valence-electron chi connectivity index (χ1n) is 12.1. The van der Waals surface area contributed by atoms with Crippen LogP contribution in [0, 0.1) is 0 Å². The number of ether oxygens (including phenoxy) is 2. The largest absolute Gasteiger partial charge is 0.497 e. The van der Waals surface area contributed by atoms with Crippen LogP contribution < -0.4 is 24.7 Å². The second kappa shape index (κ2) is 16.5. The van der Waals surface area contributed by atoms with E-state index in [1.165, 1.54) is 68.8 Å². The third-order valence-corrected chi connectivity index (χ3v) is 8.82. The van der Waals surface area contributed by atoms with E-state index in [9.17, 15) is 21.9 Å². The summed E-state index contributed by atoms with van der Waals surface area (Å²) in [6, 6.07) is 9.34. The Hall–Kier alpha value is -3.96. The molecule has 0 amide bonds. The molecule has 0 aliphatic rings. The Kier molecular flexibility index (Phi) is 13.4. The van der Waals surface area contributed by atoms with Crippen LogP contribution in [0.1, 0.15) is 6.42 Å². The SMILES string of the molecule is COc1ccc(S(=O)(=O)NC(N)=N[C@H](/C=C/CCN=C(NS(=O)(=O)c2ccc(OC)cc2)SC)[C@H](CO)N=[N+]=[N-])cc1. The van der Waals surface area contributed by atoms with E-state index < -0.39 is 44.7 Å². The fourth-order valence-corrected chi connectivity index (χ4v) is 5.95. The van der Waals surface area contributed by atoms with Crippen molar-refractivity contribution < 1.29 is 31.4 Å². The summed E-state index contributed by atoms with van der Waals surface area (Å²) in [5.41, 5.74) is 14.7. The second-order valence-electron chi connectivity index (χ2n) is 8.13. The van der Waals surface area contributed by atoms with Crippen molar-refractivity contribution in [2.45, 2.75) is 28.3 Å². The van der Waals surface area contributed by atoms with Crippen molar-refractivity contribution in [2.75, 3.05) is 33.6 Å². The molecule has 5 N–H and O–H groups in total. The summed E-state index contributed by atoms with van der Waals surface area (Å²) in [5, 5.41) is 13.3. The van der Waals surface area contributed by atoms with Crippen LogP contribution in [0.25, 0.3) is 10.4 Å².